The van der Waals surface area contributed by atoms with Crippen LogP contribution in [0.4, 0.5) is 0 Å². The Morgan fingerprint density at radius 3 is 2.24 bits per heavy atom. The molecule has 118 valence electrons. The van der Waals surface area contributed by atoms with Crippen LogP contribution in [0.15, 0.2) is 30.3 Å². The van der Waals surface area contributed by atoms with Crippen molar-refractivity contribution >= 4 is 0 Å². The molecule has 1 atom stereocenters. The van der Waals surface area contributed by atoms with Crippen molar-refractivity contribution in [2.24, 2.45) is 5.73 Å². The van der Waals surface area contributed by atoms with Crippen molar-refractivity contribution < 1.29 is 4.74 Å². The first kappa shape index (κ1) is 16.5. The summed E-state index contributed by atoms with van der Waals surface area (Å²) < 4.78 is 6.12. The van der Waals surface area contributed by atoms with Crippen LogP contribution in [0.3, 0.4) is 0 Å². The first-order valence-electron chi connectivity index (χ1n) is 7.98. The fourth-order valence-electron chi connectivity index (χ4n) is 3.49. The first-order valence-corrected chi connectivity index (χ1v) is 7.98. The molecule has 3 heteroatoms. The Morgan fingerprint density at radius 2 is 1.67 bits per heavy atom. The van der Waals surface area contributed by atoms with Crippen LogP contribution in [0, 0.1) is 0 Å². The minimum absolute atomic E-state index is 0.0963. The molecule has 1 heterocycles. The highest BCUT2D eigenvalue weighted by Crippen LogP contribution is 2.28. The average molecular weight is 290 g/mol. The van der Waals surface area contributed by atoms with E-state index >= 15 is 0 Å². The summed E-state index contributed by atoms with van der Waals surface area (Å²) in [7, 11) is 0. The standard InChI is InChI=1S/C18H30N2O/c1-17(2)13-20(14-18(3,4)21-17)12-16(19)11-10-15-8-6-5-7-9-15/h5-9,16H,10-14,19H2,1-4H3. The van der Waals surface area contributed by atoms with E-state index in [4.69, 9.17) is 10.5 Å². The fraction of sp³-hybridized carbons (Fsp3) is 0.667. The van der Waals surface area contributed by atoms with Gasteiger partial charge in [-0.25, -0.2) is 0 Å². The number of nitrogens with zero attached hydrogens (tertiary/aromatic N) is 1. The lowest BCUT2D eigenvalue weighted by Gasteiger charge is -2.47. The van der Waals surface area contributed by atoms with Crippen molar-refractivity contribution in [1.29, 1.82) is 0 Å². The van der Waals surface area contributed by atoms with E-state index in [1.807, 2.05) is 0 Å². The summed E-state index contributed by atoms with van der Waals surface area (Å²) in [6, 6.07) is 10.8. The summed E-state index contributed by atoms with van der Waals surface area (Å²) in [5.74, 6) is 0. The maximum Gasteiger partial charge on any atom is 0.0760 e. The Balaban J connectivity index is 1.83. The molecule has 0 radical (unpaired) electrons. The Morgan fingerprint density at radius 1 is 1.10 bits per heavy atom. The second-order valence-electron chi connectivity index (χ2n) is 7.58. The van der Waals surface area contributed by atoms with Crippen molar-refractivity contribution in [3.63, 3.8) is 0 Å². The van der Waals surface area contributed by atoms with Gasteiger partial charge in [0.2, 0.25) is 0 Å². The van der Waals surface area contributed by atoms with E-state index in [9.17, 15) is 0 Å². The van der Waals surface area contributed by atoms with Crippen LogP contribution in [-0.2, 0) is 11.2 Å². The van der Waals surface area contributed by atoms with Crippen molar-refractivity contribution in [1.82, 2.24) is 4.90 Å². The predicted octanol–water partition coefficient (Wildman–Crippen LogP) is 2.84. The Bertz CT molecular complexity index is 426. The minimum atomic E-state index is -0.0963. The topological polar surface area (TPSA) is 38.5 Å². The molecular weight excluding hydrogens is 260 g/mol. The molecule has 1 aliphatic heterocycles. The van der Waals surface area contributed by atoms with E-state index in [1.54, 1.807) is 0 Å². The minimum Gasteiger partial charge on any atom is -0.367 e. The molecule has 1 saturated heterocycles. The zero-order valence-electron chi connectivity index (χ0n) is 13.9. The monoisotopic (exact) mass is 290 g/mol. The van der Waals surface area contributed by atoms with Crippen LogP contribution in [0.2, 0.25) is 0 Å². The molecular formula is C18H30N2O. The van der Waals surface area contributed by atoms with Gasteiger partial charge in [0.1, 0.15) is 0 Å². The van der Waals surface area contributed by atoms with Crippen LogP contribution in [-0.4, -0.2) is 41.8 Å². The van der Waals surface area contributed by atoms with Gasteiger partial charge in [-0.3, -0.25) is 4.90 Å². The number of ether oxygens (including phenoxy) is 1. The van der Waals surface area contributed by atoms with Crippen LogP contribution >= 0.6 is 0 Å². The molecule has 0 aliphatic carbocycles. The lowest BCUT2D eigenvalue weighted by molar-refractivity contribution is -0.180. The van der Waals surface area contributed by atoms with Crippen LogP contribution < -0.4 is 5.73 Å². The van der Waals surface area contributed by atoms with E-state index < -0.39 is 0 Å². The summed E-state index contributed by atoms with van der Waals surface area (Å²) in [6.45, 7) is 11.5. The molecule has 1 fully saturated rings. The molecule has 1 aliphatic rings. The van der Waals surface area contributed by atoms with Crippen LogP contribution in [0.5, 0.6) is 0 Å². The number of nitrogens with two attached hydrogens (primary N) is 1. The third kappa shape index (κ3) is 5.42. The van der Waals surface area contributed by atoms with Gasteiger partial charge < -0.3 is 10.5 Å². The predicted molar refractivity (Wildman–Crippen MR) is 88.4 cm³/mol. The molecule has 1 unspecified atom stereocenters. The maximum absolute atomic E-state index is 6.35. The quantitative estimate of drug-likeness (QED) is 0.906. The second-order valence-corrected chi connectivity index (χ2v) is 7.58. The highest BCUT2D eigenvalue weighted by atomic mass is 16.5. The summed E-state index contributed by atoms with van der Waals surface area (Å²) in [6.07, 6.45) is 2.08. The van der Waals surface area contributed by atoms with Crippen molar-refractivity contribution in [3.8, 4) is 0 Å². The largest absolute Gasteiger partial charge is 0.367 e. The zero-order valence-corrected chi connectivity index (χ0v) is 13.9. The fourth-order valence-corrected chi connectivity index (χ4v) is 3.49. The Kier molecular flexibility index (Phi) is 5.07. The van der Waals surface area contributed by atoms with Gasteiger partial charge in [0.25, 0.3) is 0 Å². The van der Waals surface area contributed by atoms with E-state index in [2.05, 4.69) is 62.9 Å². The SMILES string of the molecule is CC1(C)CN(CC(N)CCc2ccccc2)CC(C)(C)O1. The smallest absolute Gasteiger partial charge is 0.0760 e. The molecule has 0 saturated carbocycles. The lowest BCUT2D eigenvalue weighted by Crippen LogP contribution is -2.58. The van der Waals surface area contributed by atoms with Crippen LogP contribution in [0.25, 0.3) is 0 Å². The van der Waals surface area contributed by atoms with Crippen molar-refractivity contribution in [2.75, 3.05) is 19.6 Å². The molecule has 0 spiro atoms. The molecule has 0 amide bonds. The molecule has 2 N–H and O–H groups in total. The molecule has 0 aromatic heterocycles. The number of hydrogen-bond donors (Lipinski definition) is 1. The third-order valence-corrected chi connectivity index (χ3v) is 3.90. The van der Waals surface area contributed by atoms with Gasteiger partial charge in [0, 0.05) is 25.7 Å². The molecule has 1 aromatic rings. The van der Waals surface area contributed by atoms with Gasteiger partial charge in [0.05, 0.1) is 11.2 Å². The highest BCUT2D eigenvalue weighted by Gasteiger charge is 2.38. The van der Waals surface area contributed by atoms with Crippen LogP contribution in [0.1, 0.15) is 39.7 Å². The number of benzene rings is 1. The normalized spacial score (nSPS) is 22.9. The summed E-state index contributed by atoms with van der Waals surface area (Å²) in [5, 5.41) is 0. The molecule has 3 nitrogen and oxygen atoms in total. The third-order valence-electron chi connectivity index (χ3n) is 3.90. The van der Waals surface area contributed by atoms with E-state index in [0.29, 0.717) is 0 Å². The number of aryl methyl sites for hydroxylation is 1. The maximum atomic E-state index is 6.35. The van der Waals surface area contributed by atoms with E-state index in [0.717, 1.165) is 32.5 Å². The zero-order chi connectivity index (χ0) is 15.5. The lowest BCUT2D eigenvalue weighted by atomic mass is 9.97. The van der Waals surface area contributed by atoms with Gasteiger partial charge in [-0.2, -0.15) is 0 Å². The van der Waals surface area contributed by atoms with Gasteiger partial charge in [-0.1, -0.05) is 30.3 Å². The van der Waals surface area contributed by atoms with Gasteiger partial charge >= 0.3 is 0 Å². The molecule has 2 rings (SSSR count). The van der Waals surface area contributed by atoms with Gasteiger partial charge in [-0.15, -0.1) is 0 Å². The van der Waals surface area contributed by atoms with Crippen molar-refractivity contribution in [3.05, 3.63) is 35.9 Å². The molecule has 1 aromatic carbocycles. The number of hydrogen-bond acceptors (Lipinski definition) is 3. The Labute approximate surface area is 129 Å². The summed E-state index contributed by atoms with van der Waals surface area (Å²) in [5.41, 5.74) is 7.53. The molecule has 0 bridgehead atoms. The van der Waals surface area contributed by atoms with E-state index in [1.165, 1.54) is 5.56 Å². The highest BCUT2D eigenvalue weighted by molar-refractivity contribution is 5.14. The average Bonchev–Trinajstić information content (AvgIpc) is 2.33. The van der Waals surface area contributed by atoms with Gasteiger partial charge in [0.15, 0.2) is 0 Å². The Hall–Kier alpha value is -0.900. The summed E-state index contributed by atoms with van der Waals surface area (Å²) >= 11 is 0. The number of morpholine rings is 1. The van der Waals surface area contributed by atoms with Crippen molar-refractivity contribution in [2.45, 2.75) is 57.8 Å². The second kappa shape index (κ2) is 6.47. The molecule has 21 heavy (non-hydrogen) atoms. The summed E-state index contributed by atoms with van der Waals surface area (Å²) in [4.78, 5) is 2.46. The van der Waals surface area contributed by atoms with E-state index in [-0.39, 0.29) is 17.2 Å². The number of rotatable bonds is 5. The van der Waals surface area contributed by atoms with Gasteiger partial charge in [-0.05, 0) is 46.1 Å². The first-order chi connectivity index (χ1) is 9.76.